The Labute approximate surface area is 434 Å². The second kappa shape index (κ2) is 50.1. The van der Waals surface area contributed by atoms with Crippen molar-refractivity contribution in [3.05, 3.63) is 0 Å². The molecule has 0 aliphatic carbocycles. The number of carbonyl (C=O) groups excluding carboxylic acids is 6. The van der Waals surface area contributed by atoms with E-state index in [9.17, 15) is 53.4 Å². The van der Waals surface area contributed by atoms with E-state index in [4.69, 9.17) is 43.0 Å². The molecule has 0 aromatic rings. The molecule has 26 heteroatoms. The fraction of sp³-hybridized carbons (Fsp3) is 0.812. The number of hydrogen-bond acceptors (Lipinski definition) is 17. The van der Waals surface area contributed by atoms with Crippen molar-refractivity contribution in [1.82, 2.24) is 31.9 Å². The van der Waals surface area contributed by atoms with Gasteiger partial charge in [-0.3, -0.25) is 33.6 Å². The van der Waals surface area contributed by atoms with Crippen LogP contribution in [0.2, 0.25) is 0 Å². The van der Waals surface area contributed by atoms with Gasteiger partial charge in [-0.05, 0) is 32.6 Å². The highest BCUT2D eigenvalue weighted by atomic mass is 16.5. The molecule has 0 fully saturated rings. The van der Waals surface area contributed by atoms with Crippen molar-refractivity contribution in [2.75, 3.05) is 132 Å². The number of ether oxygens (including phenoxy) is 8. The summed E-state index contributed by atoms with van der Waals surface area (Å²) in [5, 5.41) is 43.0. The molecule has 0 aliphatic heterocycles. The Morgan fingerprint density at radius 1 is 0.338 bits per heavy atom. The SMILES string of the molecule is CCOCCOCCNC(=O)COCCOCCNC(=O)COCCOCCNC(=O)COCCOCCNC(=O)CC[C@H](NC(=O)CCC(NC(=O)CCCCCCCCCCCCC(=O)O)C(=O)O)C(=O)O. The van der Waals surface area contributed by atoms with Gasteiger partial charge in [0.05, 0.1) is 79.3 Å². The van der Waals surface area contributed by atoms with Gasteiger partial charge in [0, 0.05) is 58.5 Å². The smallest absolute Gasteiger partial charge is 0.326 e. The van der Waals surface area contributed by atoms with Crippen molar-refractivity contribution in [1.29, 1.82) is 0 Å². The van der Waals surface area contributed by atoms with Crippen LogP contribution in [-0.2, 0) is 81.0 Å². The number of amides is 6. The normalized spacial score (nSPS) is 11.8. The molecule has 0 radical (unpaired) electrons. The van der Waals surface area contributed by atoms with Gasteiger partial charge in [0.15, 0.2) is 0 Å². The molecule has 0 aromatic carbocycles. The summed E-state index contributed by atoms with van der Waals surface area (Å²) < 4.78 is 42.3. The van der Waals surface area contributed by atoms with Crippen molar-refractivity contribution in [3.8, 4) is 0 Å². The molecule has 26 nitrogen and oxygen atoms in total. The van der Waals surface area contributed by atoms with E-state index in [0.29, 0.717) is 45.8 Å². The number of aliphatic carboxylic acids is 3. The minimum absolute atomic E-state index is 0.0963. The van der Waals surface area contributed by atoms with E-state index in [1.54, 1.807) is 0 Å². The van der Waals surface area contributed by atoms with Crippen LogP contribution in [0.25, 0.3) is 0 Å². The average Bonchev–Trinajstić information content (AvgIpc) is 3.36. The summed E-state index contributed by atoms with van der Waals surface area (Å²) >= 11 is 0. The zero-order valence-electron chi connectivity index (χ0n) is 43.4. The monoisotopic (exact) mass is 1070 g/mol. The first kappa shape index (κ1) is 68.9. The first-order valence-electron chi connectivity index (χ1n) is 25.7. The van der Waals surface area contributed by atoms with E-state index in [1.165, 1.54) is 0 Å². The summed E-state index contributed by atoms with van der Waals surface area (Å²) in [6.45, 7) is 6.06. The predicted octanol–water partition coefficient (Wildman–Crippen LogP) is 0.0689. The second-order valence-electron chi connectivity index (χ2n) is 16.6. The van der Waals surface area contributed by atoms with Crippen molar-refractivity contribution in [2.45, 2.75) is 122 Å². The van der Waals surface area contributed by atoms with Gasteiger partial charge in [-0.2, -0.15) is 0 Å². The van der Waals surface area contributed by atoms with Crippen LogP contribution in [0.15, 0.2) is 0 Å². The molecule has 0 bridgehead atoms. The third-order valence-electron chi connectivity index (χ3n) is 10.3. The van der Waals surface area contributed by atoms with Crippen molar-refractivity contribution in [2.24, 2.45) is 0 Å². The topological polar surface area (TPSA) is 360 Å². The molecule has 1 unspecified atom stereocenters. The zero-order valence-corrected chi connectivity index (χ0v) is 43.4. The average molecular weight is 1070 g/mol. The Balaban J connectivity index is 3.83. The number of unbranched alkanes of at least 4 members (excludes halogenated alkanes) is 9. The Morgan fingerprint density at radius 2 is 0.635 bits per heavy atom. The molecule has 0 rings (SSSR count). The summed E-state index contributed by atoms with van der Waals surface area (Å²) in [7, 11) is 0. The molecule has 0 spiro atoms. The van der Waals surface area contributed by atoms with Gasteiger partial charge in [-0.15, -0.1) is 0 Å². The summed E-state index contributed by atoms with van der Waals surface area (Å²) in [6, 6.07) is -2.74. The van der Waals surface area contributed by atoms with Crippen LogP contribution in [0.3, 0.4) is 0 Å². The molecule has 428 valence electrons. The van der Waals surface area contributed by atoms with E-state index >= 15 is 0 Å². The van der Waals surface area contributed by atoms with E-state index < -0.39 is 47.7 Å². The maximum atomic E-state index is 12.5. The van der Waals surface area contributed by atoms with Gasteiger partial charge in [0.25, 0.3) is 0 Å². The van der Waals surface area contributed by atoms with Crippen LogP contribution < -0.4 is 31.9 Å². The summed E-state index contributed by atoms with van der Waals surface area (Å²) in [5.74, 6) is -6.10. The van der Waals surface area contributed by atoms with Gasteiger partial charge in [-0.25, -0.2) is 9.59 Å². The van der Waals surface area contributed by atoms with Crippen LogP contribution >= 0.6 is 0 Å². The standard InChI is InChI=1S/C48H86N6O20/c1-2-67-27-28-68-24-20-50-43(58)35-73-33-30-70-26-22-52-45(60)37-74-34-31-71-25-21-51-44(59)36-72-32-29-69-23-19-49-40(55)17-15-38(47(63)64)54-42(57)18-16-39(48(65)66)53-41(56)13-11-9-7-5-3-4-6-8-10-12-14-46(61)62/h38-39H,2-37H2,1H3,(H,49,55)(H,50,58)(H,51,59)(H,52,60)(H,53,56)(H,54,57)(H,61,62)(H,63,64)(H,65,66)/t38-,39?/m0/s1. The lowest BCUT2D eigenvalue weighted by atomic mass is 10.0. The molecule has 74 heavy (non-hydrogen) atoms. The fourth-order valence-electron chi connectivity index (χ4n) is 6.39. The Bertz CT molecular complexity index is 1550. The first-order valence-corrected chi connectivity index (χ1v) is 25.7. The predicted molar refractivity (Wildman–Crippen MR) is 265 cm³/mol. The number of hydrogen-bond donors (Lipinski definition) is 9. The van der Waals surface area contributed by atoms with Crippen LogP contribution in [-0.4, -0.2) is 213 Å². The highest BCUT2D eigenvalue weighted by molar-refractivity contribution is 5.86. The van der Waals surface area contributed by atoms with Crippen molar-refractivity contribution >= 4 is 53.4 Å². The summed E-state index contributed by atoms with van der Waals surface area (Å²) in [4.78, 5) is 107. The Kier molecular flexibility index (Phi) is 46.6. The second-order valence-corrected chi connectivity index (χ2v) is 16.6. The van der Waals surface area contributed by atoms with E-state index in [1.807, 2.05) is 6.92 Å². The lowest BCUT2D eigenvalue weighted by Gasteiger charge is -2.17. The van der Waals surface area contributed by atoms with E-state index in [-0.39, 0.29) is 155 Å². The molecule has 0 saturated carbocycles. The maximum Gasteiger partial charge on any atom is 0.326 e. The molecule has 0 aliphatic rings. The lowest BCUT2D eigenvalue weighted by Crippen LogP contribution is -2.44. The molecule has 6 amide bonds. The van der Waals surface area contributed by atoms with Gasteiger partial charge in [-0.1, -0.05) is 51.4 Å². The van der Waals surface area contributed by atoms with Gasteiger partial charge >= 0.3 is 17.9 Å². The zero-order chi connectivity index (χ0) is 54.7. The molecule has 9 N–H and O–H groups in total. The van der Waals surface area contributed by atoms with Gasteiger partial charge in [0.1, 0.15) is 31.9 Å². The first-order chi connectivity index (χ1) is 35.7. The van der Waals surface area contributed by atoms with E-state index in [2.05, 4.69) is 31.9 Å². The number of carboxylic acids is 3. The number of rotatable bonds is 54. The minimum atomic E-state index is -1.40. The Morgan fingerprint density at radius 3 is 0.986 bits per heavy atom. The van der Waals surface area contributed by atoms with Crippen LogP contribution in [0.4, 0.5) is 0 Å². The van der Waals surface area contributed by atoms with Gasteiger partial charge in [0.2, 0.25) is 35.4 Å². The van der Waals surface area contributed by atoms with Crippen LogP contribution in [0.5, 0.6) is 0 Å². The van der Waals surface area contributed by atoms with Crippen molar-refractivity contribution in [3.63, 3.8) is 0 Å². The van der Waals surface area contributed by atoms with Gasteiger partial charge < -0.3 is 85.1 Å². The molecular weight excluding hydrogens is 981 g/mol. The quantitative estimate of drug-likeness (QED) is 0.0364. The number of carboxylic acid groups (broad SMARTS) is 3. The summed E-state index contributed by atoms with van der Waals surface area (Å²) in [5.41, 5.74) is 0. The summed E-state index contributed by atoms with van der Waals surface area (Å²) in [6.07, 6.45) is 8.39. The lowest BCUT2D eigenvalue weighted by molar-refractivity contribution is -0.143. The minimum Gasteiger partial charge on any atom is -0.481 e. The van der Waals surface area contributed by atoms with E-state index in [0.717, 1.165) is 51.4 Å². The molecule has 2 atom stereocenters. The molecule has 0 aromatic heterocycles. The third-order valence-corrected chi connectivity index (χ3v) is 10.3. The third kappa shape index (κ3) is 47.9. The Hall–Kier alpha value is -5.09. The van der Waals surface area contributed by atoms with Crippen LogP contribution in [0, 0.1) is 0 Å². The maximum absolute atomic E-state index is 12.5. The molecular formula is C48H86N6O20. The van der Waals surface area contributed by atoms with Crippen molar-refractivity contribution < 1.29 is 96.4 Å². The number of carbonyl (C=O) groups is 9. The number of nitrogens with one attached hydrogen (secondary N) is 6. The largest absolute Gasteiger partial charge is 0.481 e. The van der Waals surface area contributed by atoms with Crippen LogP contribution in [0.1, 0.15) is 110 Å². The molecule has 0 heterocycles. The molecule has 0 saturated heterocycles. The fourth-order valence-corrected chi connectivity index (χ4v) is 6.39. The highest BCUT2D eigenvalue weighted by Crippen LogP contribution is 2.12. The highest BCUT2D eigenvalue weighted by Gasteiger charge is 2.24.